The molecule has 0 bridgehead atoms. The van der Waals surface area contributed by atoms with E-state index in [0.29, 0.717) is 6.54 Å². The zero-order chi connectivity index (χ0) is 14.4. The van der Waals surface area contributed by atoms with Crippen LogP contribution < -0.4 is 11.1 Å². The largest absolute Gasteiger partial charge is 0.487 e. The lowest BCUT2D eigenvalue weighted by molar-refractivity contribution is 0.297. The van der Waals surface area contributed by atoms with Crippen LogP contribution in [0.2, 0.25) is 0 Å². The van der Waals surface area contributed by atoms with Gasteiger partial charge in [-0.15, -0.1) is 0 Å². The van der Waals surface area contributed by atoms with Crippen LogP contribution in [0.4, 0.5) is 0 Å². The Kier molecular flexibility index (Phi) is 19.8. The molecular formula is C12H22N2O3S2. The molecule has 0 aliphatic carbocycles. The van der Waals surface area contributed by atoms with Gasteiger partial charge in [0.25, 0.3) is 10.3 Å². The molecule has 1 rings (SSSR count). The lowest BCUT2D eigenvalue weighted by Gasteiger charge is -1.94. The fourth-order valence-corrected chi connectivity index (χ4v) is 0.799. The minimum absolute atomic E-state index is 0. The first-order valence-corrected chi connectivity index (χ1v) is 5.79. The third kappa shape index (κ3) is 31.5. The highest BCUT2D eigenvalue weighted by Gasteiger charge is 1.82. The van der Waals surface area contributed by atoms with E-state index in [1.54, 1.807) is 0 Å². The summed E-state index contributed by atoms with van der Waals surface area (Å²) in [6.45, 7) is 2.38. The smallest absolute Gasteiger partial charge is 0.254 e. The molecule has 0 fully saturated rings. The SMILES string of the molecule is C.Cc1ccccc1.NC(O)=S.OCCNC(O)=S. The lowest BCUT2D eigenvalue weighted by atomic mass is 10.2. The summed E-state index contributed by atoms with van der Waals surface area (Å²) in [7, 11) is 0. The van der Waals surface area contributed by atoms with Crippen molar-refractivity contribution >= 4 is 34.8 Å². The average Bonchev–Trinajstić information content (AvgIpc) is 2.27. The van der Waals surface area contributed by atoms with Crippen molar-refractivity contribution in [2.75, 3.05) is 13.2 Å². The highest BCUT2D eigenvalue weighted by molar-refractivity contribution is 7.80. The van der Waals surface area contributed by atoms with Gasteiger partial charge in [-0.1, -0.05) is 43.3 Å². The zero-order valence-electron chi connectivity index (χ0n) is 10.0. The Hall–Kier alpha value is -1.44. The Morgan fingerprint density at radius 2 is 1.63 bits per heavy atom. The standard InChI is InChI=1S/C7H8.C3H7NO2S.CH3NOS.CH4/c1-7-5-3-2-4-6-7;5-2-1-4-3(6)7;2-1(3)4;/h2-6H,1H3;5H,1-2H2,(H2,4,6,7);(H3,2,3,4);1H4. The normalized spacial score (nSPS) is 7.47. The number of hydrogen-bond acceptors (Lipinski definition) is 3. The van der Waals surface area contributed by atoms with Gasteiger partial charge in [-0.25, -0.2) is 0 Å². The molecule has 0 atom stereocenters. The van der Waals surface area contributed by atoms with Gasteiger partial charge in [-0.3, -0.25) is 0 Å². The van der Waals surface area contributed by atoms with Crippen LogP contribution in [0.15, 0.2) is 30.3 Å². The minimum atomic E-state index is -0.500. The van der Waals surface area contributed by atoms with Gasteiger partial charge < -0.3 is 26.4 Å². The van der Waals surface area contributed by atoms with E-state index in [9.17, 15) is 0 Å². The van der Waals surface area contributed by atoms with Gasteiger partial charge in [0, 0.05) is 6.54 Å². The second-order valence-electron chi connectivity index (χ2n) is 2.95. The van der Waals surface area contributed by atoms with E-state index in [1.165, 1.54) is 5.56 Å². The van der Waals surface area contributed by atoms with Gasteiger partial charge in [-0.05, 0) is 31.4 Å². The summed E-state index contributed by atoms with van der Waals surface area (Å²) >= 11 is 8.06. The number of thiocarbonyl (C=S) groups is 2. The van der Waals surface area contributed by atoms with E-state index in [1.807, 2.05) is 18.2 Å². The molecule has 0 spiro atoms. The zero-order valence-corrected chi connectivity index (χ0v) is 11.7. The second kappa shape index (κ2) is 16.6. The molecule has 0 radical (unpaired) electrons. The fourth-order valence-electron chi connectivity index (χ4n) is 0.697. The molecule has 0 saturated heterocycles. The number of aliphatic hydroxyl groups is 3. The molecule has 6 N–H and O–H groups in total. The summed E-state index contributed by atoms with van der Waals surface area (Å²) in [6, 6.07) is 10.3. The third-order valence-electron chi connectivity index (χ3n) is 1.33. The van der Waals surface area contributed by atoms with Crippen LogP contribution in [-0.4, -0.2) is 38.8 Å². The average molecular weight is 306 g/mol. The Bertz CT molecular complexity index is 331. The van der Waals surface area contributed by atoms with E-state index in [-0.39, 0.29) is 19.2 Å². The first kappa shape index (κ1) is 22.7. The number of aliphatic hydroxyl groups excluding tert-OH is 3. The summed E-state index contributed by atoms with van der Waals surface area (Å²) in [6.07, 6.45) is 0. The molecule has 5 nitrogen and oxygen atoms in total. The van der Waals surface area contributed by atoms with E-state index in [0.717, 1.165) is 0 Å². The Morgan fingerprint density at radius 3 is 1.79 bits per heavy atom. The summed E-state index contributed by atoms with van der Waals surface area (Å²) < 4.78 is 0. The number of nitrogens with one attached hydrogen (secondary N) is 1. The molecule has 0 saturated carbocycles. The maximum atomic E-state index is 8.19. The number of hydrogen-bond donors (Lipinski definition) is 5. The second-order valence-corrected chi connectivity index (χ2v) is 3.75. The molecule has 1 aromatic carbocycles. The van der Waals surface area contributed by atoms with Crippen molar-refractivity contribution in [3.05, 3.63) is 35.9 Å². The van der Waals surface area contributed by atoms with Gasteiger partial charge in [0.15, 0.2) is 0 Å². The van der Waals surface area contributed by atoms with E-state index >= 15 is 0 Å². The molecule has 0 unspecified atom stereocenters. The van der Waals surface area contributed by atoms with Crippen LogP contribution in [0.5, 0.6) is 0 Å². The Balaban J connectivity index is -0.000000205. The molecule has 0 amide bonds. The molecule has 0 aliphatic rings. The Labute approximate surface area is 125 Å². The number of benzene rings is 1. The summed E-state index contributed by atoms with van der Waals surface area (Å²) in [5, 5.41) is 25.4. The van der Waals surface area contributed by atoms with Crippen molar-refractivity contribution in [1.82, 2.24) is 5.32 Å². The van der Waals surface area contributed by atoms with E-state index < -0.39 is 5.17 Å². The predicted octanol–water partition coefficient (Wildman–Crippen LogP) is 1.83. The maximum Gasteiger partial charge on any atom is 0.254 e. The minimum Gasteiger partial charge on any atom is -0.487 e. The first-order chi connectivity index (χ1) is 8.40. The highest BCUT2D eigenvalue weighted by atomic mass is 32.1. The van der Waals surface area contributed by atoms with Crippen LogP contribution in [0.25, 0.3) is 0 Å². The number of aryl methyl sites for hydroxylation is 1. The lowest BCUT2D eigenvalue weighted by Crippen LogP contribution is -2.23. The third-order valence-corrected chi connectivity index (χ3v) is 1.47. The molecule has 1 aromatic rings. The summed E-state index contributed by atoms with van der Waals surface area (Å²) in [4.78, 5) is 0. The van der Waals surface area contributed by atoms with Gasteiger partial charge in [0.05, 0.1) is 6.61 Å². The topological polar surface area (TPSA) is 98.7 Å². The molecule has 0 aromatic heterocycles. The summed E-state index contributed by atoms with van der Waals surface area (Å²) in [5.41, 5.74) is 5.72. The molecule has 19 heavy (non-hydrogen) atoms. The van der Waals surface area contributed by atoms with Crippen molar-refractivity contribution < 1.29 is 15.3 Å². The van der Waals surface area contributed by atoms with Crippen molar-refractivity contribution in [2.24, 2.45) is 5.73 Å². The monoisotopic (exact) mass is 306 g/mol. The first-order valence-electron chi connectivity index (χ1n) is 4.97. The number of nitrogens with two attached hydrogens (primary N) is 1. The molecule has 0 heterocycles. The maximum absolute atomic E-state index is 8.19. The van der Waals surface area contributed by atoms with Crippen LogP contribution in [0, 0.1) is 6.92 Å². The van der Waals surface area contributed by atoms with Crippen molar-refractivity contribution in [2.45, 2.75) is 14.4 Å². The van der Waals surface area contributed by atoms with E-state index in [4.69, 9.17) is 15.3 Å². The van der Waals surface area contributed by atoms with Gasteiger partial charge in [0.2, 0.25) is 0 Å². The highest BCUT2D eigenvalue weighted by Crippen LogP contribution is 1.92. The quantitative estimate of drug-likeness (QED) is 0.532. The molecule has 7 heteroatoms. The van der Waals surface area contributed by atoms with Crippen LogP contribution in [-0.2, 0) is 0 Å². The van der Waals surface area contributed by atoms with Crippen molar-refractivity contribution in [3.8, 4) is 0 Å². The molecule has 0 aliphatic heterocycles. The van der Waals surface area contributed by atoms with Crippen LogP contribution in [0.3, 0.4) is 0 Å². The van der Waals surface area contributed by atoms with Gasteiger partial charge >= 0.3 is 0 Å². The predicted molar refractivity (Wildman–Crippen MR) is 87.6 cm³/mol. The Morgan fingerprint density at radius 1 is 1.21 bits per heavy atom. The molecule has 110 valence electrons. The van der Waals surface area contributed by atoms with E-state index in [2.05, 4.69) is 54.5 Å². The van der Waals surface area contributed by atoms with Crippen molar-refractivity contribution in [1.29, 1.82) is 0 Å². The summed E-state index contributed by atoms with van der Waals surface area (Å²) in [5.74, 6) is 0. The van der Waals surface area contributed by atoms with Crippen LogP contribution in [0.1, 0.15) is 13.0 Å². The molecular weight excluding hydrogens is 284 g/mol. The van der Waals surface area contributed by atoms with Crippen LogP contribution >= 0.6 is 24.4 Å². The van der Waals surface area contributed by atoms with Gasteiger partial charge in [0.1, 0.15) is 0 Å². The number of rotatable bonds is 2. The van der Waals surface area contributed by atoms with Gasteiger partial charge in [-0.2, -0.15) is 0 Å². The van der Waals surface area contributed by atoms with Crippen molar-refractivity contribution in [3.63, 3.8) is 0 Å². The fraction of sp³-hybridized carbons (Fsp3) is 0.333.